The van der Waals surface area contributed by atoms with Crippen LogP contribution in [0.1, 0.15) is 57.1 Å². The number of likely N-dealkylation sites (N-methyl/N-ethyl adjacent to an activating group) is 1. The molecule has 4 heteroatoms. The summed E-state index contributed by atoms with van der Waals surface area (Å²) in [6.07, 6.45) is 7.06. The number of carbonyl (C=O) groups is 1. The molecule has 1 saturated heterocycles. The maximum Gasteiger partial charge on any atom is 0.232 e. The maximum absolute atomic E-state index is 13.1. The summed E-state index contributed by atoms with van der Waals surface area (Å²) in [5.74, 6) is 0.162. The van der Waals surface area contributed by atoms with Crippen molar-refractivity contribution < 1.29 is 9.53 Å². The summed E-state index contributed by atoms with van der Waals surface area (Å²) in [6, 6.07) is 6.19. The van der Waals surface area contributed by atoms with E-state index in [0.29, 0.717) is 18.6 Å². The van der Waals surface area contributed by atoms with Gasteiger partial charge in [-0.05, 0) is 60.8 Å². The van der Waals surface area contributed by atoms with Crippen LogP contribution in [0.2, 0.25) is 0 Å². The van der Waals surface area contributed by atoms with E-state index in [1.54, 1.807) is 4.90 Å². The largest absolute Gasteiger partial charge is 0.398 e. The first kappa shape index (κ1) is 19.0. The van der Waals surface area contributed by atoms with Crippen LogP contribution in [-0.2, 0) is 14.9 Å². The van der Waals surface area contributed by atoms with Crippen molar-refractivity contribution in [2.75, 3.05) is 33.0 Å². The number of nitrogens with two attached hydrogens (primary N) is 1. The first-order chi connectivity index (χ1) is 12.3. The second-order valence-electron chi connectivity index (χ2n) is 8.79. The molecule has 1 aliphatic heterocycles. The molecule has 1 aliphatic carbocycles. The average molecular weight is 357 g/mol. The van der Waals surface area contributed by atoms with Gasteiger partial charge in [-0.25, -0.2) is 0 Å². The van der Waals surface area contributed by atoms with Crippen LogP contribution >= 0.6 is 0 Å². The Labute approximate surface area is 157 Å². The third kappa shape index (κ3) is 3.52. The zero-order chi connectivity index (χ0) is 18.9. The highest BCUT2D eigenvalue weighted by molar-refractivity contribution is 5.89. The molecule has 2 N–H and O–H groups in total. The Kier molecular flexibility index (Phi) is 5.16. The van der Waals surface area contributed by atoms with E-state index in [2.05, 4.69) is 26.0 Å². The van der Waals surface area contributed by atoms with Crippen LogP contribution < -0.4 is 5.73 Å². The molecule has 1 aromatic carbocycles. The number of carbonyl (C=O) groups excluding carboxylic acids is 1. The summed E-state index contributed by atoms with van der Waals surface area (Å²) in [7, 11) is 3.67. The second-order valence-corrected chi connectivity index (χ2v) is 8.79. The lowest BCUT2D eigenvalue weighted by atomic mass is 9.71. The number of anilines is 1. The summed E-state index contributed by atoms with van der Waals surface area (Å²) in [5.41, 5.74) is 10.5. The Morgan fingerprint density at radius 2 is 1.85 bits per heavy atom. The van der Waals surface area contributed by atoms with Gasteiger partial charge in [-0.1, -0.05) is 26.0 Å². The molecule has 26 heavy (non-hydrogen) atoms. The molecule has 0 saturated carbocycles. The highest BCUT2D eigenvalue weighted by Crippen LogP contribution is 2.42. The van der Waals surface area contributed by atoms with E-state index in [9.17, 15) is 4.79 Å². The van der Waals surface area contributed by atoms with Crippen molar-refractivity contribution in [3.63, 3.8) is 0 Å². The normalized spacial score (nSPS) is 21.8. The topological polar surface area (TPSA) is 55.6 Å². The number of allylic oxidation sites excluding steroid dienone is 2. The minimum absolute atomic E-state index is 0.162. The molecule has 1 amide bonds. The van der Waals surface area contributed by atoms with Gasteiger partial charge in [0.05, 0.1) is 5.41 Å². The predicted molar refractivity (Wildman–Crippen MR) is 107 cm³/mol. The molecule has 1 aromatic rings. The molecule has 0 spiro atoms. The number of ether oxygens (including phenoxy) is 1. The molecule has 1 fully saturated rings. The smallest absolute Gasteiger partial charge is 0.232 e. The van der Waals surface area contributed by atoms with Crippen LogP contribution in [0, 0.1) is 5.41 Å². The number of benzene rings is 1. The van der Waals surface area contributed by atoms with Crippen molar-refractivity contribution in [1.29, 1.82) is 0 Å². The Balaban J connectivity index is 2.02. The third-order valence-electron chi connectivity index (χ3n) is 6.09. The molecular weight excluding hydrogens is 324 g/mol. The van der Waals surface area contributed by atoms with Crippen LogP contribution in [0.15, 0.2) is 24.3 Å². The van der Waals surface area contributed by atoms with Crippen molar-refractivity contribution >= 4 is 17.2 Å². The minimum atomic E-state index is -0.501. The average Bonchev–Trinajstić information content (AvgIpc) is 2.62. The van der Waals surface area contributed by atoms with Crippen molar-refractivity contribution in [2.45, 2.75) is 51.4 Å². The lowest BCUT2D eigenvalue weighted by molar-refractivity contribution is -0.138. The van der Waals surface area contributed by atoms with Gasteiger partial charge in [0, 0.05) is 38.6 Å². The van der Waals surface area contributed by atoms with Crippen LogP contribution in [-0.4, -0.2) is 38.1 Å². The lowest BCUT2D eigenvalue weighted by Gasteiger charge is -2.38. The zero-order valence-electron chi connectivity index (χ0n) is 16.6. The van der Waals surface area contributed by atoms with Crippen molar-refractivity contribution in [3.8, 4) is 0 Å². The van der Waals surface area contributed by atoms with E-state index in [1.807, 2.05) is 26.2 Å². The van der Waals surface area contributed by atoms with E-state index in [4.69, 9.17) is 10.5 Å². The van der Waals surface area contributed by atoms with Crippen molar-refractivity contribution in [2.24, 2.45) is 5.41 Å². The van der Waals surface area contributed by atoms with E-state index >= 15 is 0 Å². The summed E-state index contributed by atoms with van der Waals surface area (Å²) in [5, 5.41) is 0. The van der Waals surface area contributed by atoms with Crippen molar-refractivity contribution in [3.05, 3.63) is 35.4 Å². The quantitative estimate of drug-likeness (QED) is 0.833. The lowest BCUT2D eigenvalue weighted by Crippen LogP contribution is -2.47. The fourth-order valence-electron chi connectivity index (χ4n) is 4.23. The first-order valence-corrected chi connectivity index (χ1v) is 9.64. The molecule has 0 unspecified atom stereocenters. The maximum atomic E-state index is 13.1. The molecule has 2 aliphatic rings. The fraction of sp³-hybridized carbons (Fsp3) is 0.591. The molecule has 4 nitrogen and oxygen atoms in total. The number of rotatable bonds is 3. The molecule has 0 atom stereocenters. The van der Waals surface area contributed by atoms with Crippen LogP contribution in [0.5, 0.6) is 0 Å². The standard InChI is InChI=1S/C22H32N2O2/c1-21(2)9-7-16(8-10-21)18-15-17(5-6-19(18)23)22(20(25)24(3)4)11-13-26-14-12-22/h5-7,15H,8-14,23H2,1-4H3. The van der Waals surface area contributed by atoms with Gasteiger partial charge in [0.2, 0.25) is 5.91 Å². The molecule has 1 heterocycles. The monoisotopic (exact) mass is 356 g/mol. The molecular formula is C22H32N2O2. The highest BCUT2D eigenvalue weighted by atomic mass is 16.5. The molecule has 0 radical (unpaired) electrons. The van der Waals surface area contributed by atoms with E-state index in [-0.39, 0.29) is 5.91 Å². The molecule has 142 valence electrons. The van der Waals surface area contributed by atoms with Crippen LogP contribution in [0.4, 0.5) is 5.69 Å². The molecule has 3 rings (SSSR count). The van der Waals surface area contributed by atoms with Gasteiger partial charge in [-0.15, -0.1) is 0 Å². The van der Waals surface area contributed by atoms with Gasteiger partial charge >= 0.3 is 0 Å². The number of amides is 1. The Hall–Kier alpha value is -1.81. The Morgan fingerprint density at radius 1 is 1.15 bits per heavy atom. The molecule has 0 aromatic heterocycles. The number of hydrogen-bond donors (Lipinski definition) is 1. The van der Waals surface area contributed by atoms with E-state index < -0.39 is 5.41 Å². The van der Waals surface area contributed by atoms with E-state index in [0.717, 1.165) is 48.9 Å². The Morgan fingerprint density at radius 3 is 2.42 bits per heavy atom. The summed E-state index contributed by atoms with van der Waals surface area (Å²) in [4.78, 5) is 14.8. The van der Waals surface area contributed by atoms with Crippen LogP contribution in [0.25, 0.3) is 5.57 Å². The summed E-state index contributed by atoms with van der Waals surface area (Å²) in [6.45, 7) is 5.87. The predicted octanol–water partition coefficient (Wildman–Crippen LogP) is 4.00. The number of nitrogens with zero attached hydrogens (tertiary/aromatic N) is 1. The number of hydrogen-bond acceptors (Lipinski definition) is 3. The Bertz CT molecular complexity index is 713. The van der Waals surface area contributed by atoms with Gasteiger partial charge in [-0.2, -0.15) is 0 Å². The first-order valence-electron chi connectivity index (χ1n) is 9.64. The second kappa shape index (κ2) is 7.07. The van der Waals surface area contributed by atoms with Gasteiger partial charge in [-0.3, -0.25) is 4.79 Å². The SMILES string of the molecule is CN(C)C(=O)C1(c2ccc(N)c(C3=CCC(C)(C)CC3)c2)CCOCC1. The zero-order valence-corrected chi connectivity index (χ0v) is 16.6. The molecule has 0 bridgehead atoms. The summed E-state index contributed by atoms with van der Waals surface area (Å²) < 4.78 is 5.56. The fourth-order valence-corrected chi connectivity index (χ4v) is 4.23. The van der Waals surface area contributed by atoms with Gasteiger partial charge in [0.1, 0.15) is 0 Å². The third-order valence-corrected chi connectivity index (χ3v) is 6.09. The minimum Gasteiger partial charge on any atom is -0.398 e. The van der Waals surface area contributed by atoms with Crippen molar-refractivity contribution in [1.82, 2.24) is 4.90 Å². The van der Waals surface area contributed by atoms with Crippen LogP contribution in [0.3, 0.4) is 0 Å². The van der Waals surface area contributed by atoms with Gasteiger partial charge < -0.3 is 15.4 Å². The van der Waals surface area contributed by atoms with E-state index in [1.165, 1.54) is 5.57 Å². The summed E-state index contributed by atoms with van der Waals surface area (Å²) >= 11 is 0. The highest BCUT2D eigenvalue weighted by Gasteiger charge is 2.43. The number of nitrogen functional groups attached to an aromatic ring is 1. The van der Waals surface area contributed by atoms with Gasteiger partial charge in [0.15, 0.2) is 0 Å². The van der Waals surface area contributed by atoms with Gasteiger partial charge in [0.25, 0.3) is 0 Å².